The average molecular weight is 534 g/mol. The van der Waals surface area contributed by atoms with Gasteiger partial charge in [-0.1, -0.05) is 31.6 Å². The van der Waals surface area contributed by atoms with Crippen molar-refractivity contribution in [2.24, 2.45) is 11.8 Å². The topological polar surface area (TPSA) is 109 Å². The number of morpholine rings is 1. The van der Waals surface area contributed by atoms with Crippen LogP contribution in [0.2, 0.25) is 0 Å². The molecule has 0 radical (unpaired) electrons. The van der Waals surface area contributed by atoms with E-state index >= 15 is 0 Å². The zero-order valence-corrected chi connectivity index (χ0v) is 22.4. The molecule has 4 saturated heterocycles. The molecule has 4 fully saturated rings. The van der Waals surface area contributed by atoms with Gasteiger partial charge in [0.2, 0.25) is 11.8 Å². The molecule has 4 heterocycles. The first kappa shape index (κ1) is 28.7. The van der Waals surface area contributed by atoms with E-state index in [1.807, 2.05) is 0 Å². The molecule has 10 nitrogen and oxygen atoms in total. The van der Waals surface area contributed by atoms with E-state index in [0.717, 1.165) is 25.9 Å². The second kappa shape index (κ2) is 13.2. The maximum absolute atomic E-state index is 14.3. The Balaban J connectivity index is 1.57. The summed E-state index contributed by atoms with van der Waals surface area (Å²) in [7, 11) is 0. The number of amides is 2. The number of aliphatic hydroxyl groups is 1. The van der Waals surface area contributed by atoms with Gasteiger partial charge in [-0.2, -0.15) is 0 Å². The molecule has 10 heteroatoms. The first-order valence-corrected chi connectivity index (χ1v) is 14.0. The van der Waals surface area contributed by atoms with Crippen molar-refractivity contribution >= 4 is 17.8 Å². The summed E-state index contributed by atoms with van der Waals surface area (Å²) < 4.78 is 17.3. The number of esters is 1. The predicted molar refractivity (Wildman–Crippen MR) is 140 cm³/mol. The number of likely N-dealkylation sites (tertiary alicyclic amines) is 1. The largest absolute Gasteiger partial charge is 0.461 e. The molecule has 0 saturated carbocycles. The number of rotatable bonds is 15. The summed E-state index contributed by atoms with van der Waals surface area (Å²) in [6, 6.07) is -0.787. The fourth-order valence-corrected chi connectivity index (χ4v) is 6.63. The van der Waals surface area contributed by atoms with Crippen molar-refractivity contribution in [1.82, 2.24) is 14.7 Å². The van der Waals surface area contributed by atoms with Gasteiger partial charge in [0.1, 0.15) is 18.2 Å². The zero-order valence-electron chi connectivity index (χ0n) is 22.4. The average Bonchev–Trinajstić information content (AvgIpc) is 3.57. The van der Waals surface area contributed by atoms with E-state index in [1.54, 1.807) is 15.9 Å². The second-order valence-corrected chi connectivity index (χ2v) is 10.7. The van der Waals surface area contributed by atoms with Crippen molar-refractivity contribution < 1.29 is 33.7 Å². The third kappa shape index (κ3) is 5.68. The van der Waals surface area contributed by atoms with Gasteiger partial charge in [-0.15, -0.1) is 6.58 Å². The minimum atomic E-state index is -1.03. The lowest BCUT2D eigenvalue weighted by Gasteiger charge is -2.37. The molecule has 38 heavy (non-hydrogen) atoms. The number of hydrogen-bond donors (Lipinski definition) is 1. The van der Waals surface area contributed by atoms with Crippen molar-refractivity contribution in [3.8, 4) is 0 Å². The third-order valence-electron chi connectivity index (χ3n) is 8.41. The van der Waals surface area contributed by atoms with Gasteiger partial charge in [0.15, 0.2) is 0 Å². The Morgan fingerprint density at radius 1 is 1.13 bits per heavy atom. The van der Waals surface area contributed by atoms with Gasteiger partial charge in [-0.3, -0.25) is 19.3 Å². The lowest BCUT2D eigenvalue weighted by atomic mass is 9.70. The molecule has 4 aliphatic rings. The summed E-state index contributed by atoms with van der Waals surface area (Å²) in [6.07, 6.45) is 7.07. The summed E-state index contributed by atoms with van der Waals surface area (Å²) in [5, 5.41) is 9.11. The van der Waals surface area contributed by atoms with Crippen LogP contribution in [0.15, 0.2) is 25.3 Å². The van der Waals surface area contributed by atoms with Crippen LogP contribution in [0.3, 0.4) is 0 Å². The maximum Gasteiger partial charge on any atom is 0.312 e. The molecule has 1 spiro atoms. The van der Waals surface area contributed by atoms with Crippen LogP contribution in [-0.2, 0) is 28.6 Å². The van der Waals surface area contributed by atoms with Gasteiger partial charge in [-0.05, 0) is 25.7 Å². The van der Waals surface area contributed by atoms with Crippen LogP contribution >= 0.6 is 0 Å². The molecule has 4 rings (SSSR count). The summed E-state index contributed by atoms with van der Waals surface area (Å²) >= 11 is 0. The van der Waals surface area contributed by atoms with E-state index in [2.05, 4.69) is 18.1 Å². The van der Waals surface area contributed by atoms with Crippen LogP contribution in [-0.4, -0.2) is 121 Å². The molecule has 0 aromatic rings. The number of unbranched alkanes of at least 4 members (excludes halogenated alkanes) is 3. The third-order valence-corrected chi connectivity index (χ3v) is 8.41. The molecule has 0 aliphatic carbocycles. The number of aliphatic hydroxyl groups excluding tert-OH is 1. The molecule has 2 unspecified atom stereocenters. The fourth-order valence-electron chi connectivity index (χ4n) is 6.63. The maximum atomic E-state index is 14.3. The van der Waals surface area contributed by atoms with Crippen molar-refractivity contribution in [3.05, 3.63) is 25.3 Å². The van der Waals surface area contributed by atoms with E-state index in [9.17, 15) is 14.4 Å². The van der Waals surface area contributed by atoms with Crippen LogP contribution in [0.5, 0.6) is 0 Å². The molecular weight excluding hydrogens is 490 g/mol. The highest BCUT2D eigenvalue weighted by atomic mass is 16.6. The normalized spacial score (nSPS) is 30.3. The van der Waals surface area contributed by atoms with E-state index < -0.39 is 35.6 Å². The van der Waals surface area contributed by atoms with Crippen LogP contribution in [0.1, 0.15) is 38.5 Å². The Hall–Kier alpha value is -2.27. The SMILES string of the molecule is C=CCOC(=O)[C@@H]1[C@@H]2CCC3(O2)C(C(=O)N(CC=C)CCN2CCOCC2)N(CCCCCCO)C(=O)[C@H]13. The summed E-state index contributed by atoms with van der Waals surface area (Å²) in [5.74, 6) is -2.24. The Morgan fingerprint density at radius 3 is 2.61 bits per heavy atom. The molecule has 0 aromatic carbocycles. The highest BCUT2D eigenvalue weighted by Crippen LogP contribution is 2.58. The molecular formula is C28H43N3O7. The van der Waals surface area contributed by atoms with Crippen LogP contribution < -0.4 is 0 Å². The molecule has 4 aliphatic heterocycles. The fraction of sp³-hybridized carbons (Fsp3) is 0.750. The number of carbonyl (C=O) groups excluding carboxylic acids is 3. The predicted octanol–water partition coefficient (Wildman–Crippen LogP) is 0.990. The van der Waals surface area contributed by atoms with Gasteiger partial charge in [0.25, 0.3) is 0 Å². The number of ether oxygens (including phenoxy) is 3. The Labute approximate surface area is 225 Å². The lowest BCUT2D eigenvalue weighted by molar-refractivity contribution is -0.154. The van der Waals surface area contributed by atoms with E-state index in [-0.39, 0.29) is 25.0 Å². The smallest absolute Gasteiger partial charge is 0.312 e. The Bertz CT molecular complexity index is 877. The number of hydrogen-bond acceptors (Lipinski definition) is 8. The number of carbonyl (C=O) groups is 3. The second-order valence-electron chi connectivity index (χ2n) is 10.7. The summed E-state index contributed by atoms with van der Waals surface area (Å²) in [6.45, 7) is 12.7. The minimum absolute atomic E-state index is 0.0710. The molecule has 1 N–H and O–H groups in total. The molecule has 2 bridgehead atoms. The van der Waals surface area contributed by atoms with Crippen LogP contribution in [0, 0.1) is 11.8 Å². The quantitative estimate of drug-likeness (QED) is 0.189. The van der Waals surface area contributed by atoms with Crippen molar-refractivity contribution in [2.45, 2.75) is 56.3 Å². The highest BCUT2D eigenvalue weighted by Gasteiger charge is 2.75. The van der Waals surface area contributed by atoms with Gasteiger partial charge in [-0.25, -0.2) is 0 Å². The lowest BCUT2D eigenvalue weighted by Crippen LogP contribution is -2.57. The van der Waals surface area contributed by atoms with E-state index in [0.29, 0.717) is 65.1 Å². The first-order chi connectivity index (χ1) is 18.5. The summed E-state index contributed by atoms with van der Waals surface area (Å²) in [4.78, 5) is 47.0. The molecule has 212 valence electrons. The standard InChI is InChI=1S/C28H43N3O7/c1-3-11-30(14-13-29-15-19-36-20-16-29)26(34)24-28-10-9-21(38-28)22(27(35)37-18-4-2)23(28)25(33)31(24)12-7-5-6-8-17-32/h3-4,21-24,32H,1-2,5-20H2/t21-,22+,23-,24?,28?/m0/s1. The van der Waals surface area contributed by atoms with Gasteiger partial charge in [0.05, 0.1) is 31.2 Å². The van der Waals surface area contributed by atoms with Crippen molar-refractivity contribution in [2.75, 3.05) is 65.7 Å². The monoisotopic (exact) mass is 533 g/mol. The molecule has 5 atom stereocenters. The minimum Gasteiger partial charge on any atom is -0.461 e. The Morgan fingerprint density at radius 2 is 1.89 bits per heavy atom. The van der Waals surface area contributed by atoms with E-state index in [4.69, 9.17) is 19.3 Å². The number of nitrogens with zero attached hydrogens (tertiary/aromatic N) is 3. The molecule has 2 amide bonds. The van der Waals surface area contributed by atoms with Crippen LogP contribution in [0.25, 0.3) is 0 Å². The highest BCUT2D eigenvalue weighted by molar-refractivity contribution is 5.98. The first-order valence-electron chi connectivity index (χ1n) is 14.0. The van der Waals surface area contributed by atoms with Crippen molar-refractivity contribution in [1.29, 1.82) is 0 Å². The Kier molecular flexibility index (Phi) is 9.97. The summed E-state index contributed by atoms with van der Waals surface area (Å²) in [5.41, 5.74) is -1.03. The number of fused-ring (bicyclic) bond motifs is 1. The van der Waals surface area contributed by atoms with Gasteiger partial charge < -0.3 is 29.1 Å². The van der Waals surface area contributed by atoms with Crippen LogP contribution in [0.4, 0.5) is 0 Å². The molecule has 0 aromatic heterocycles. The van der Waals surface area contributed by atoms with Crippen molar-refractivity contribution in [3.63, 3.8) is 0 Å². The van der Waals surface area contributed by atoms with Gasteiger partial charge in [0, 0.05) is 45.9 Å². The van der Waals surface area contributed by atoms with E-state index in [1.165, 1.54) is 6.08 Å². The zero-order chi connectivity index (χ0) is 27.1. The van der Waals surface area contributed by atoms with Gasteiger partial charge >= 0.3 is 5.97 Å².